The number of ether oxygens (including phenoxy) is 1. The van der Waals surface area contributed by atoms with Gasteiger partial charge in [-0.2, -0.15) is 0 Å². The first kappa shape index (κ1) is 25.3. The van der Waals surface area contributed by atoms with Crippen molar-refractivity contribution in [1.82, 2.24) is 14.7 Å². The topological polar surface area (TPSA) is 65.1 Å². The molecule has 0 saturated heterocycles. The Morgan fingerprint density at radius 1 is 0.917 bits per heavy atom. The average molecular weight is 487 g/mol. The molecule has 2 amide bonds. The van der Waals surface area contributed by atoms with E-state index in [-0.39, 0.29) is 18.5 Å². The van der Waals surface area contributed by atoms with Crippen LogP contribution in [0.4, 0.5) is 10.5 Å². The number of rotatable bonds is 9. The van der Waals surface area contributed by atoms with Gasteiger partial charge in [0.2, 0.25) is 5.91 Å². The smallest absolute Gasteiger partial charge is 0.410 e. The van der Waals surface area contributed by atoms with Gasteiger partial charge >= 0.3 is 6.09 Å². The zero-order valence-corrected chi connectivity index (χ0v) is 21.0. The second kappa shape index (κ2) is 12.2. The minimum Gasteiger partial charge on any atom is -0.410 e. The van der Waals surface area contributed by atoms with Crippen molar-refractivity contribution in [3.8, 4) is 5.75 Å². The molecule has 0 aliphatic carbocycles. The van der Waals surface area contributed by atoms with Crippen molar-refractivity contribution < 1.29 is 14.3 Å². The number of likely N-dealkylation sites (N-methyl/N-ethyl adjacent to an activating group) is 1. The van der Waals surface area contributed by atoms with Gasteiger partial charge in [-0.1, -0.05) is 60.7 Å². The number of nitrogens with zero attached hydrogens (tertiary/aromatic N) is 3. The summed E-state index contributed by atoms with van der Waals surface area (Å²) in [6.07, 6.45) is 0.350. The summed E-state index contributed by atoms with van der Waals surface area (Å²) < 4.78 is 5.51. The third-order valence-electron chi connectivity index (χ3n) is 6.29. The van der Waals surface area contributed by atoms with E-state index >= 15 is 0 Å². The summed E-state index contributed by atoms with van der Waals surface area (Å²) in [5.74, 6) is 0.596. The average Bonchev–Trinajstić information content (AvgIpc) is 2.90. The minimum atomic E-state index is -0.349. The summed E-state index contributed by atoms with van der Waals surface area (Å²) in [5, 5.41) is 3.37. The molecule has 1 N–H and O–H groups in total. The highest BCUT2D eigenvalue weighted by Gasteiger charge is 2.24. The second-order valence-corrected chi connectivity index (χ2v) is 9.25. The summed E-state index contributed by atoms with van der Waals surface area (Å²) in [5.41, 5.74) is 4.28. The molecule has 7 heteroatoms. The van der Waals surface area contributed by atoms with Gasteiger partial charge in [0.25, 0.3) is 0 Å². The lowest BCUT2D eigenvalue weighted by Crippen LogP contribution is -2.40. The van der Waals surface area contributed by atoms with Crippen LogP contribution in [0.2, 0.25) is 0 Å². The molecule has 1 aliphatic heterocycles. The van der Waals surface area contributed by atoms with Crippen LogP contribution in [0.15, 0.2) is 78.9 Å². The van der Waals surface area contributed by atoms with Crippen LogP contribution < -0.4 is 10.1 Å². The quantitative estimate of drug-likeness (QED) is 0.490. The molecule has 1 aliphatic rings. The van der Waals surface area contributed by atoms with Crippen LogP contribution in [-0.4, -0.2) is 67.0 Å². The van der Waals surface area contributed by atoms with Crippen molar-refractivity contribution >= 4 is 17.7 Å². The highest BCUT2D eigenvalue weighted by molar-refractivity contribution is 5.81. The van der Waals surface area contributed by atoms with Crippen LogP contribution in [0.1, 0.15) is 16.7 Å². The van der Waals surface area contributed by atoms with E-state index < -0.39 is 0 Å². The largest absolute Gasteiger partial charge is 0.415 e. The van der Waals surface area contributed by atoms with Crippen molar-refractivity contribution in [1.29, 1.82) is 0 Å². The Hall–Kier alpha value is -3.84. The number of amides is 2. The Kier molecular flexibility index (Phi) is 8.57. The molecule has 0 aromatic heterocycles. The van der Waals surface area contributed by atoms with Crippen LogP contribution in [0.25, 0.3) is 0 Å². The summed E-state index contributed by atoms with van der Waals surface area (Å²) in [6, 6.07) is 25.2. The number of para-hydroxylation sites is 1. The lowest BCUT2D eigenvalue weighted by atomic mass is 9.98. The van der Waals surface area contributed by atoms with Crippen LogP contribution >= 0.6 is 0 Å². The number of anilines is 1. The molecular formula is C29H34N4O3. The van der Waals surface area contributed by atoms with Gasteiger partial charge in [-0.15, -0.1) is 0 Å². The van der Waals surface area contributed by atoms with E-state index in [2.05, 4.69) is 10.2 Å². The zero-order valence-electron chi connectivity index (χ0n) is 21.0. The number of nitrogens with one attached hydrogen (secondary N) is 1. The second-order valence-electron chi connectivity index (χ2n) is 9.25. The van der Waals surface area contributed by atoms with Crippen molar-refractivity contribution in [3.63, 3.8) is 0 Å². The molecule has 188 valence electrons. The standard InChI is InChI=1S/C29H34N4O3/c1-31(2)18-19-32(21-23-10-5-3-6-11-23)28(34)20-30-27-15-9-12-24-22-33(17-16-26(24)27)29(35)36-25-13-7-4-8-14-25/h3-15,30H,16-22H2,1-2H3. The van der Waals surface area contributed by atoms with Gasteiger partial charge in [-0.25, -0.2) is 4.79 Å². The molecule has 3 aromatic rings. The van der Waals surface area contributed by atoms with Gasteiger partial charge in [-0.3, -0.25) is 4.79 Å². The molecular weight excluding hydrogens is 452 g/mol. The van der Waals surface area contributed by atoms with E-state index in [9.17, 15) is 9.59 Å². The molecule has 1 heterocycles. The lowest BCUT2D eigenvalue weighted by molar-refractivity contribution is -0.130. The predicted octanol–water partition coefficient (Wildman–Crippen LogP) is 4.25. The van der Waals surface area contributed by atoms with E-state index in [1.54, 1.807) is 17.0 Å². The SMILES string of the molecule is CN(C)CCN(Cc1ccccc1)C(=O)CNc1cccc2c1CCN(C(=O)Oc1ccccc1)C2. The van der Waals surface area contributed by atoms with E-state index in [4.69, 9.17) is 4.74 Å². The Bertz CT molecular complexity index is 1150. The fraction of sp³-hybridized carbons (Fsp3) is 0.310. The Morgan fingerprint density at radius 3 is 2.36 bits per heavy atom. The number of hydrogen-bond acceptors (Lipinski definition) is 5. The Labute approximate surface area is 213 Å². The summed E-state index contributed by atoms with van der Waals surface area (Å²) in [7, 11) is 4.03. The number of benzene rings is 3. The van der Waals surface area contributed by atoms with E-state index in [0.29, 0.717) is 38.3 Å². The maximum absolute atomic E-state index is 13.2. The normalized spacial score (nSPS) is 12.7. The summed E-state index contributed by atoms with van der Waals surface area (Å²) >= 11 is 0. The molecule has 4 rings (SSSR count). The Morgan fingerprint density at radius 2 is 1.64 bits per heavy atom. The van der Waals surface area contributed by atoms with Crippen LogP contribution in [-0.2, 0) is 24.3 Å². The molecule has 0 saturated carbocycles. The van der Waals surface area contributed by atoms with Gasteiger partial charge in [0.1, 0.15) is 5.75 Å². The molecule has 0 bridgehead atoms. The van der Waals surface area contributed by atoms with Crippen LogP contribution in [0.5, 0.6) is 5.75 Å². The molecule has 0 fully saturated rings. The third kappa shape index (κ3) is 6.86. The maximum Gasteiger partial charge on any atom is 0.415 e. The molecule has 0 unspecified atom stereocenters. The Balaban J connectivity index is 1.38. The number of fused-ring (bicyclic) bond motifs is 1. The fourth-order valence-electron chi connectivity index (χ4n) is 4.28. The molecule has 0 spiro atoms. The lowest BCUT2D eigenvalue weighted by Gasteiger charge is -2.30. The molecule has 0 atom stereocenters. The van der Waals surface area contributed by atoms with Gasteiger partial charge in [-0.05, 0) is 55.4 Å². The van der Waals surface area contributed by atoms with E-state index in [0.717, 1.165) is 28.9 Å². The van der Waals surface area contributed by atoms with Crippen molar-refractivity contribution in [3.05, 3.63) is 95.6 Å². The summed E-state index contributed by atoms with van der Waals surface area (Å²) in [6.45, 7) is 3.31. The van der Waals surface area contributed by atoms with Gasteiger partial charge in [0.15, 0.2) is 0 Å². The maximum atomic E-state index is 13.2. The highest BCUT2D eigenvalue weighted by Crippen LogP contribution is 2.27. The molecule has 3 aromatic carbocycles. The number of carbonyl (C=O) groups is 2. The highest BCUT2D eigenvalue weighted by atomic mass is 16.6. The van der Waals surface area contributed by atoms with Crippen LogP contribution in [0.3, 0.4) is 0 Å². The third-order valence-corrected chi connectivity index (χ3v) is 6.29. The van der Waals surface area contributed by atoms with E-state index in [1.807, 2.05) is 85.7 Å². The minimum absolute atomic E-state index is 0.0576. The summed E-state index contributed by atoms with van der Waals surface area (Å²) in [4.78, 5) is 31.5. The van der Waals surface area contributed by atoms with E-state index in [1.165, 1.54) is 0 Å². The number of hydrogen-bond donors (Lipinski definition) is 1. The number of carbonyl (C=O) groups excluding carboxylic acids is 2. The zero-order chi connectivity index (χ0) is 25.3. The van der Waals surface area contributed by atoms with Gasteiger partial charge in [0, 0.05) is 38.4 Å². The molecule has 0 radical (unpaired) electrons. The van der Waals surface area contributed by atoms with Crippen LogP contribution in [0, 0.1) is 0 Å². The van der Waals surface area contributed by atoms with Gasteiger partial charge < -0.3 is 24.8 Å². The molecule has 7 nitrogen and oxygen atoms in total. The van der Waals surface area contributed by atoms with Crippen molar-refractivity contribution in [2.24, 2.45) is 0 Å². The monoisotopic (exact) mass is 486 g/mol. The van der Waals surface area contributed by atoms with Crippen molar-refractivity contribution in [2.75, 3.05) is 45.6 Å². The predicted molar refractivity (Wildman–Crippen MR) is 142 cm³/mol. The fourth-order valence-corrected chi connectivity index (χ4v) is 4.28. The van der Waals surface area contributed by atoms with Gasteiger partial charge in [0.05, 0.1) is 6.54 Å². The first-order valence-electron chi connectivity index (χ1n) is 12.3. The molecule has 36 heavy (non-hydrogen) atoms. The van der Waals surface area contributed by atoms with Crippen molar-refractivity contribution in [2.45, 2.75) is 19.5 Å². The first-order valence-corrected chi connectivity index (χ1v) is 12.3. The first-order chi connectivity index (χ1) is 17.5.